The van der Waals surface area contributed by atoms with Crippen LogP contribution in [0.2, 0.25) is 0 Å². The highest BCUT2D eigenvalue weighted by molar-refractivity contribution is 5.99. The number of nitrogens with one attached hydrogen (secondary N) is 2. The van der Waals surface area contributed by atoms with Crippen molar-refractivity contribution in [1.29, 1.82) is 0 Å². The van der Waals surface area contributed by atoms with Crippen LogP contribution in [0, 0.1) is 5.92 Å². The number of piperidine rings is 1. The Hall–Kier alpha value is -3.12. The number of hydrogen-bond donors (Lipinski definition) is 2. The predicted octanol–water partition coefficient (Wildman–Crippen LogP) is 5.41. The van der Waals surface area contributed by atoms with Crippen molar-refractivity contribution in [1.82, 2.24) is 15.3 Å². The Balaban J connectivity index is 1.43. The van der Waals surface area contributed by atoms with Gasteiger partial charge < -0.3 is 19.9 Å². The van der Waals surface area contributed by atoms with Crippen molar-refractivity contribution in [2.24, 2.45) is 5.92 Å². The minimum atomic E-state index is 0.184. The number of nitrogens with zero attached hydrogens (tertiary/aromatic N) is 2. The maximum absolute atomic E-state index is 13.2. The van der Waals surface area contributed by atoms with Crippen LogP contribution >= 0.6 is 0 Å². The van der Waals surface area contributed by atoms with Crippen molar-refractivity contribution >= 4 is 11.6 Å². The number of fused-ring (bicyclic) bond motifs is 1. The molecule has 2 N–H and O–H groups in total. The van der Waals surface area contributed by atoms with Gasteiger partial charge in [-0.25, -0.2) is 4.98 Å². The smallest absolute Gasteiger partial charge is 0.230 e. The Morgan fingerprint density at radius 3 is 2.59 bits per heavy atom. The first-order valence-electron chi connectivity index (χ1n) is 12.7. The molecular weight excluding hydrogens is 424 g/mol. The molecule has 6 heteroatoms. The van der Waals surface area contributed by atoms with Crippen molar-refractivity contribution in [3.8, 4) is 22.9 Å². The van der Waals surface area contributed by atoms with Gasteiger partial charge in [-0.3, -0.25) is 4.79 Å². The molecule has 2 fully saturated rings. The number of carbonyl (C=O) groups is 1. The zero-order valence-electron chi connectivity index (χ0n) is 19.7. The van der Waals surface area contributed by atoms with Crippen molar-refractivity contribution in [3.63, 3.8) is 0 Å². The molecule has 176 valence electrons. The fourth-order valence-electron chi connectivity index (χ4n) is 5.39. The van der Waals surface area contributed by atoms with E-state index in [1.807, 2.05) is 41.4 Å². The van der Waals surface area contributed by atoms with Gasteiger partial charge in [0.05, 0.1) is 11.3 Å². The van der Waals surface area contributed by atoms with Crippen molar-refractivity contribution in [2.75, 3.05) is 18.0 Å². The van der Waals surface area contributed by atoms with Crippen LogP contribution in [0.5, 0.6) is 11.5 Å². The van der Waals surface area contributed by atoms with E-state index >= 15 is 0 Å². The number of amides is 1. The summed E-state index contributed by atoms with van der Waals surface area (Å²) in [6, 6.07) is 14.3. The first-order valence-corrected chi connectivity index (χ1v) is 12.7. The lowest BCUT2D eigenvalue weighted by Gasteiger charge is -2.36. The quantitative estimate of drug-likeness (QED) is 0.538. The number of benzene rings is 2. The molecule has 0 radical (unpaired) electrons. The molecule has 2 aromatic carbocycles. The number of para-hydroxylation sites is 1. The number of aromatic nitrogens is 2. The summed E-state index contributed by atoms with van der Waals surface area (Å²) in [5.41, 5.74) is 4.25. The van der Waals surface area contributed by atoms with Crippen LogP contribution in [0.25, 0.3) is 11.4 Å². The van der Waals surface area contributed by atoms with E-state index in [0.717, 1.165) is 85.8 Å². The molecule has 1 aromatic heterocycles. The maximum atomic E-state index is 13.2. The molecule has 1 atom stereocenters. The van der Waals surface area contributed by atoms with Gasteiger partial charge in [-0.2, -0.15) is 0 Å². The number of H-pyrrole nitrogens is 1. The van der Waals surface area contributed by atoms with E-state index in [-0.39, 0.29) is 17.9 Å². The van der Waals surface area contributed by atoms with Crippen LogP contribution in [0.1, 0.15) is 56.2 Å². The number of rotatable bonds is 5. The van der Waals surface area contributed by atoms with Gasteiger partial charge in [0.25, 0.3) is 0 Å². The molecule has 1 saturated heterocycles. The number of hydrogen-bond acceptors (Lipinski definition) is 4. The minimum Gasteiger partial charge on any atom is -0.456 e. The molecule has 2 aliphatic heterocycles. The number of ether oxygens (including phenoxy) is 1. The topological polar surface area (TPSA) is 70.2 Å². The minimum absolute atomic E-state index is 0.184. The number of carbonyl (C=O) groups excluding carboxylic acids is 1. The number of imidazole rings is 1. The predicted molar refractivity (Wildman–Crippen MR) is 133 cm³/mol. The third kappa shape index (κ3) is 4.00. The van der Waals surface area contributed by atoms with Gasteiger partial charge in [-0.05, 0) is 82.8 Å². The summed E-state index contributed by atoms with van der Waals surface area (Å²) in [7, 11) is 0. The van der Waals surface area contributed by atoms with Gasteiger partial charge in [-0.15, -0.1) is 0 Å². The van der Waals surface area contributed by atoms with Crippen LogP contribution in [-0.4, -0.2) is 35.0 Å². The zero-order chi connectivity index (χ0) is 23.1. The van der Waals surface area contributed by atoms with Crippen LogP contribution in [0.3, 0.4) is 0 Å². The normalized spacial score (nSPS) is 20.7. The summed E-state index contributed by atoms with van der Waals surface area (Å²) in [6.07, 6.45) is 8.05. The Morgan fingerprint density at radius 1 is 1.03 bits per heavy atom. The second-order valence-electron chi connectivity index (χ2n) is 9.94. The fraction of sp³-hybridized carbons (Fsp3) is 0.429. The molecule has 0 bridgehead atoms. The van der Waals surface area contributed by atoms with E-state index in [1.165, 1.54) is 5.69 Å². The molecule has 3 aromatic rings. The monoisotopic (exact) mass is 456 g/mol. The van der Waals surface area contributed by atoms with Gasteiger partial charge in [-0.1, -0.05) is 18.2 Å². The van der Waals surface area contributed by atoms with E-state index in [2.05, 4.69) is 29.4 Å². The molecule has 3 aliphatic rings. The number of anilines is 1. The highest BCUT2D eigenvalue weighted by Crippen LogP contribution is 2.46. The fourth-order valence-corrected chi connectivity index (χ4v) is 5.39. The van der Waals surface area contributed by atoms with E-state index in [0.29, 0.717) is 5.92 Å². The summed E-state index contributed by atoms with van der Waals surface area (Å²) in [4.78, 5) is 23.6. The summed E-state index contributed by atoms with van der Waals surface area (Å²) in [5.74, 6) is 3.39. The molecule has 34 heavy (non-hydrogen) atoms. The highest BCUT2D eigenvalue weighted by Gasteiger charge is 2.39. The molecule has 1 unspecified atom stereocenters. The third-order valence-corrected chi connectivity index (χ3v) is 7.50. The Morgan fingerprint density at radius 2 is 1.82 bits per heavy atom. The third-order valence-electron chi connectivity index (χ3n) is 7.50. The second-order valence-corrected chi connectivity index (χ2v) is 9.94. The van der Waals surface area contributed by atoms with E-state index in [4.69, 9.17) is 9.72 Å². The molecule has 1 amide bonds. The lowest BCUT2D eigenvalue weighted by atomic mass is 9.93. The molecular formula is C28H32N4O2. The van der Waals surface area contributed by atoms with Crippen molar-refractivity contribution < 1.29 is 9.53 Å². The number of aromatic amines is 1. The average molecular weight is 457 g/mol. The van der Waals surface area contributed by atoms with Crippen molar-refractivity contribution in [2.45, 2.75) is 57.4 Å². The summed E-state index contributed by atoms with van der Waals surface area (Å²) >= 11 is 0. The van der Waals surface area contributed by atoms with Gasteiger partial charge in [0, 0.05) is 35.3 Å². The van der Waals surface area contributed by atoms with Crippen LogP contribution < -0.4 is 15.0 Å². The Labute approximate surface area is 200 Å². The lowest BCUT2D eigenvalue weighted by molar-refractivity contribution is -0.120. The zero-order valence-corrected chi connectivity index (χ0v) is 19.7. The summed E-state index contributed by atoms with van der Waals surface area (Å²) in [6.45, 7) is 4.25. The molecule has 1 saturated carbocycles. The summed E-state index contributed by atoms with van der Waals surface area (Å²) in [5, 5.41) is 3.44. The second kappa shape index (κ2) is 8.91. The standard InChI is InChI=1S/C28H32N4O2/c1-18-7-10-22-25(32(18)28(33)20-8-9-20)12-11-23(26(22)34-21-5-3-2-4-6-21)27-30-17-24(31-27)19-13-15-29-16-14-19/h2-6,11-12,17-20,29H,7-10,13-16H2,1H3,(H,30,31). The van der Waals surface area contributed by atoms with Gasteiger partial charge in [0.2, 0.25) is 5.91 Å². The van der Waals surface area contributed by atoms with E-state index < -0.39 is 0 Å². The molecule has 1 aliphatic carbocycles. The van der Waals surface area contributed by atoms with Crippen molar-refractivity contribution in [3.05, 3.63) is 59.9 Å². The Bertz CT molecular complexity index is 1180. The molecule has 3 heterocycles. The van der Waals surface area contributed by atoms with Gasteiger partial charge in [0.15, 0.2) is 0 Å². The SMILES string of the molecule is CC1CCc2c(ccc(-c3ncc(C4CCNCC4)[nH]3)c2Oc2ccccc2)N1C(=O)C1CC1. The lowest BCUT2D eigenvalue weighted by Crippen LogP contribution is -2.43. The van der Waals surface area contributed by atoms with Crippen LogP contribution in [0.4, 0.5) is 5.69 Å². The molecule has 6 nitrogen and oxygen atoms in total. The first-order chi connectivity index (χ1) is 16.7. The van der Waals surface area contributed by atoms with Crippen LogP contribution in [-0.2, 0) is 11.2 Å². The average Bonchev–Trinajstić information content (AvgIpc) is 3.61. The Kier molecular flexibility index (Phi) is 5.61. The van der Waals surface area contributed by atoms with Gasteiger partial charge in [0.1, 0.15) is 17.3 Å². The maximum Gasteiger partial charge on any atom is 0.230 e. The van der Waals surface area contributed by atoms with E-state index in [9.17, 15) is 4.79 Å². The van der Waals surface area contributed by atoms with E-state index in [1.54, 1.807) is 0 Å². The highest BCUT2D eigenvalue weighted by atomic mass is 16.5. The first kappa shape index (κ1) is 21.4. The van der Waals surface area contributed by atoms with Crippen LogP contribution in [0.15, 0.2) is 48.7 Å². The molecule has 0 spiro atoms. The summed E-state index contributed by atoms with van der Waals surface area (Å²) < 4.78 is 6.55. The van der Waals surface area contributed by atoms with Gasteiger partial charge >= 0.3 is 0 Å². The molecule has 6 rings (SSSR count). The largest absolute Gasteiger partial charge is 0.456 e.